The maximum Gasteiger partial charge on any atom is 0.343 e. The monoisotopic (exact) mass is 339 g/mol. The SMILES string of the molecule is O=C(O[C@H](C(=O)N1CCCCC1)c1ccccc1)c1ccccc1O. The highest BCUT2D eigenvalue weighted by molar-refractivity contribution is 5.94. The Morgan fingerprint density at radius 1 is 0.920 bits per heavy atom. The molecule has 1 aliphatic rings. The maximum absolute atomic E-state index is 12.9. The molecular weight excluding hydrogens is 318 g/mol. The van der Waals surface area contributed by atoms with Crippen LogP contribution in [0.15, 0.2) is 54.6 Å². The summed E-state index contributed by atoms with van der Waals surface area (Å²) in [4.78, 5) is 27.2. The summed E-state index contributed by atoms with van der Waals surface area (Å²) in [7, 11) is 0. The lowest BCUT2D eigenvalue weighted by Gasteiger charge is -2.30. The Kier molecular flexibility index (Phi) is 5.33. The number of aromatic hydroxyl groups is 1. The number of rotatable bonds is 4. The molecule has 130 valence electrons. The number of likely N-dealkylation sites (tertiary alicyclic amines) is 1. The van der Waals surface area contributed by atoms with Gasteiger partial charge in [0.25, 0.3) is 5.91 Å². The smallest absolute Gasteiger partial charge is 0.343 e. The summed E-state index contributed by atoms with van der Waals surface area (Å²) < 4.78 is 5.53. The molecule has 5 nitrogen and oxygen atoms in total. The summed E-state index contributed by atoms with van der Waals surface area (Å²) in [5.41, 5.74) is 0.678. The molecule has 2 aromatic rings. The number of benzene rings is 2. The number of piperidine rings is 1. The molecule has 1 N–H and O–H groups in total. The Morgan fingerprint density at radius 2 is 1.56 bits per heavy atom. The van der Waals surface area contributed by atoms with Crippen LogP contribution in [0.25, 0.3) is 0 Å². The summed E-state index contributed by atoms with van der Waals surface area (Å²) in [5.74, 6) is -1.09. The van der Waals surface area contributed by atoms with Gasteiger partial charge in [0.2, 0.25) is 6.10 Å². The molecule has 0 spiro atoms. The number of nitrogens with zero attached hydrogens (tertiary/aromatic N) is 1. The van der Waals surface area contributed by atoms with E-state index in [1.165, 1.54) is 12.1 Å². The van der Waals surface area contributed by atoms with Gasteiger partial charge >= 0.3 is 5.97 Å². The summed E-state index contributed by atoms with van der Waals surface area (Å²) >= 11 is 0. The van der Waals surface area contributed by atoms with Crippen LogP contribution in [0.1, 0.15) is 41.3 Å². The highest BCUT2D eigenvalue weighted by Gasteiger charge is 2.31. The molecule has 5 heteroatoms. The van der Waals surface area contributed by atoms with Gasteiger partial charge in [0.15, 0.2) is 0 Å². The third-order valence-corrected chi connectivity index (χ3v) is 4.34. The van der Waals surface area contributed by atoms with Gasteiger partial charge in [-0.05, 0) is 31.4 Å². The van der Waals surface area contributed by atoms with E-state index < -0.39 is 12.1 Å². The van der Waals surface area contributed by atoms with Gasteiger partial charge in [0, 0.05) is 18.7 Å². The fourth-order valence-electron chi connectivity index (χ4n) is 2.99. The highest BCUT2D eigenvalue weighted by Crippen LogP contribution is 2.26. The minimum atomic E-state index is -1.01. The molecule has 25 heavy (non-hydrogen) atoms. The normalized spacial score (nSPS) is 15.4. The minimum absolute atomic E-state index is 0.0508. The van der Waals surface area contributed by atoms with E-state index in [1.54, 1.807) is 41.3 Å². The molecule has 3 rings (SSSR count). The number of amides is 1. The first-order valence-electron chi connectivity index (χ1n) is 8.49. The van der Waals surface area contributed by atoms with E-state index in [4.69, 9.17) is 4.74 Å². The first-order chi connectivity index (χ1) is 12.2. The molecule has 1 atom stereocenters. The summed E-state index contributed by atoms with van der Waals surface area (Å²) in [6.07, 6.45) is 2.02. The molecule has 0 bridgehead atoms. The molecule has 0 aliphatic carbocycles. The molecule has 0 radical (unpaired) electrons. The second-order valence-corrected chi connectivity index (χ2v) is 6.10. The Labute approximate surface area is 146 Å². The van der Waals surface area contributed by atoms with Crippen molar-refractivity contribution < 1.29 is 19.4 Å². The van der Waals surface area contributed by atoms with Crippen molar-refractivity contribution in [3.05, 3.63) is 65.7 Å². The second-order valence-electron chi connectivity index (χ2n) is 6.10. The molecule has 0 unspecified atom stereocenters. The van der Waals surface area contributed by atoms with Crippen LogP contribution in [0.3, 0.4) is 0 Å². The van der Waals surface area contributed by atoms with Gasteiger partial charge < -0.3 is 14.7 Å². The fraction of sp³-hybridized carbons (Fsp3) is 0.300. The average Bonchev–Trinajstić information content (AvgIpc) is 2.67. The molecule has 1 heterocycles. The van der Waals surface area contributed by atoms with Gasteiger partial charge in [-0.3, -0.25) is 4.79 Å². The predicted molar refractivity (Wildman–Crippen MR) is 93.1 cm³/mol. The lowest BCUT2D eigenvalue weighted by atomic mass is 10.1. The van der Waals surface area contributed by atoms with Crippen molar-refractivity contribution in [1.82, 2.24) is 4.90 Å². The molecule has 0 aromatic heterocycles. The van der Waals surface area contributed by atoms with Crippen molar-refractivity contribution in [2.24, 2.45) is 0 Å². The Morgan fingerprint density at radius 3 is 2.24 bits per heavy atom. The van der Waals surface area contributed by atoms with Gasteiger partial charge in [-0.25, -0.2) is 4.79 Å². The van der Waals surface area contributed by atoms with E-state index >= 15 is 0 Å². The van der Waals surface area contributed by atoms with E-state index in [0.29, 0.717) is 18.7 Å². The summed E-state index contributed by atoms with van der Waals surface area (Å²) in [6, 6.07) is 15.1. The maximum atomic E-state index is 12.9. The number of ether oxygens (including phenoxy) is 1. The topological polar surface area (TPSA) is 66.8 Å². The average molecular weight is 339 g/mol. The van der Waals surface area contributed by atoms with E-state index in [0.717, 1.165) is 19.3 Å². The van der Waals surface area contributed by atoms with Crippen LogP contribution in [0.5, 0.6) is 5.75 Å². The van der Waals surface area contributed by atoms with Crippen LogP contribution in [0, 0.1) is 0 Å². The summed E-state index contributed by atoms with van der Waals surface area (Å²) in [5, 5.41) is 9.86. The Balaban J connectivity index is 1.85. The number of hydrogen-bond donors (Lipinski definition) is 1. The van der Waals surface area contributed by atoms with Crippen LogP contribution < -0.4 is 0 Å². The largest absolute Gasteiger partial charge is 0.507 e. The first-order valence-corrected chi connectivity index (χ1v) is 8.49. The lowest BCUT2D eigenvalue weighted by molar-refractivity contribution is -0.142. The number of esters is 1. The minimum Gasteiger partial charge on any atom is -0.507 e. The van der Waals surface area contributed by atoms with E-state index in [9.17, 15) is 14.7 Å². The fourth-order valence-corrected chi connectivity index (χ4v) is 2.99. The second kappa shape index (κ2) is 7.83. The van der Waals surface area contributed by atoms with Gasteiger partial charge in [0.1, 0.15) is 11.3 Å². The van der Waals surface area contributed by atoms with E-state index in [2.05, 4.69) is 0 Å². The Bertz CT molecular complexity index is 738. The molecule has 1 fully saturated rings. The number of hydrogen-bond acceptors (Lipinski definition) is 4. The standard InChI is InChI=1S/C20H21NO4/c22-17-12-6-5-11-16(17)20(24)25-18(15-9-3-1-4-10-15)19(23)21-13-7-2-8-14-21/h1,3-6,9-12,18,22H,2,7-8,13-14H2/t18-/m0/s1. The van der Waals surface area contributed by atoms with Gasteiger partial charge in [-0.15, -0.1) is 0 Å². The quantitative estimate of drug-likeness (QED) is 0.868. The first kappa shape index (κ1) is 17.0. The molecule has 1 amide bonds. The van der Waals surface area contributed by atoms with Crippen molar-refractivity contribution in [1.29, 1.82) is 0 Å². The predicted octanol–water partition coefficient (Wildman–Crippen LogP) is 3.30. The highest BCUT2D eigenvalue weighted by atomic mass is 16.5. The van der Waals surface area contributed by atoms with Crippen LogP contribution >= 0.6 is 0 Å². The van der Waals surface area contributed by atoms with E-state index in [1.807, 2.05) is 6.07 Å². The molecule has 0 saturated carbocycles. The van der Waals surface area contributed by atoms with Gasteiger partial charge in [-0.1, -0.05) is 42.5 Å². The Hall–Kier alpha value is -2.82. The number of para-hydroxylation sites is 1. The van der Waals surface area contributed by atoms with Gasteiger partial charge in [-0.2, -0.15) is 0 Å². The number of phenols is 1. The number of phenolic OH excluding ortho intramolecular Hbond substituents is 1. The van der Waals surface area contributed by atoms with Crippen molar-refractivity contribution in [2.45, 2.75) is 25.4 Å². The van der Waals surface area contributed by atoms with E-state index in [-0.39, 0.29) is 17.2 Å². The summed E-state index contributed by atoms with van der Waals surface area (Å²) in [6.45, 7) is 1.35. The van der Waals surface area contributed by atoms with Crippen LogP contribution in [0.4, 0.5) is 0 Å². The molecule has 2 aromatic carbocycles. The van der Waals surface area contributed by atoms with Crippen molar-refractivity contribution in [3.63, 3.8) is 0 Å². The van der Waals surface area contributed by atoms with Crippen molar-refractivity contribution in [2.75, 3.05) is 13.1 Å². The van der Waals surface area contributed by atoms with Crippen LogP contribution in [-0.4, -0.2) is 35.0 Å². The third kappa shape index (κ3) is 3.99. The zero-order valence-electron chi connectivity index (χ0n) is 13.9. The molecule has 1 aliphatic heterocycles. The third-order valence-electron chi connectivity index (χ3n) is 4.34. The molecule has 1 saturated heterocycles. The number of carbonyl (C=O) groups excluding carboxylic acids is 2. The zero-order valence-corrected chi connectivity index (χ0v) is 13.9. The molecular formula is C20H21NO4. The van der Waals surface area contributed by atoms with Crippen molar-refractivity contribution in [3.8, 4) is 5.75 Å². The van der Waals surface area contributed by atoms with Crippen LogP contribution in [0.2, 0.25) is 0 Å². The lowest BCUT2D eigenvalue weighted by Crippen LogP contribution is -2.40. The number of carbonyl (C=O) groups is 2. The van der Waals surface area contributed by atoms with Crippen molar-refractivity contribution >= 4 is 11.9 Å². The zero-order chi connectivity index (χ0) is 17.6. The van der Waals surface area contributed by atoms with Gasteiger partial charge in [0.05, 0.1) is 0 Å². The van der Waals surface area contributed by atoms with Crippen LogP contribution in [-0.2, 0) is 9.53 Å².